The van der Waals surface area contributed by atoms with E-state index in [1.165, 1.54) is 83.1 Å². The van der Waals surface area contributed by atoms with Gasteiger partial charge < -0.3 is 20.4 Å². The zero-order valence-corrected chi connectivity index (χ0v) is 32.1. The minimum Gasteiger partial charge on any atom is -0.460 e. The molecular formula is C44H62N4O4. The molecule has 3 rings (SSSR count). The van der Waals surface area contributed by atoms with Crippen molar-refractivity contribution in [2.45, 2.75) is 130 Å². The fraction of sp³-hybridized carbons (Fsp3) is 0.500. The summed E-state index contributed by atoms with van der Waals surface area (Å²) in [5.41, 5.74) is 4.91. The average Bonchev–Trinajstić information content (AvgIpc) is 3.61. The van der Waals surface area contributed by atoms with E-state index in [1.54, 1.807) is 18.5 Å². The van der Waals surface area contributed by atoms with E-state index in [2.05, 4.69) is 27.5 Å². The fourth-order valence-electron chi connectivity index (χ4n) is 5.92. The molecule has 3 aromatic rings. The van der Waals surface area contributed by atoms with Gasteiger partial charge in [-0.2, -0.15) is 0 Å². The second kappa shape index (κ2) is 23.9. The van der Waals surface area contributed by atoms with Crippen molar-refractivity contribution in [3.63, 3.8) is 0 Å². The minimum absolute atomic E-state index is 0.0632. The molecule has 52 heavy (non-hydrogen) atoms. The predicted molar refractivity (Wildman–Crippen MR) is 214 cm³/mol. The summed E-state index contributed by atoms with van der Waals surface area (Å²) < 4.78 is 5.26. The molecule has 1 aromatic heterocycles. The Balaban J connectivity index is 1.33. The summed E-state index contributed by atoms with van der Waals surface area (Å²) in [6, 6.07) is 15.8. The number of carbonyl (C=O) groups excluding carboxylic acids is 3. The van der Waals surface area contributed by atoms with Crippen LogP contribution in [0.15, 0.2) is 67.0 Å². The van der Waals surface area contributed by atoms with E-state index in [4.69, 9.17) is 4.74 Å². The number of unbranched alkanes of at least 4 members (excludes halogenated alkanes) is 13. The summed E-state index contributed by atoms with van der Waals surface area (Å²) in [5, 5.41) is 5.72. The number of nitrogens with one attached hydrogen (secondary N) is 3. The van der Waals surface area contributed by atoms with Crippen LogP contribution < -0.4 is 10.6 Å². The topological polar surface area (TPSA) is 113 Å². The Hall–Kier alpha value is -4.46. The van der Waals surface area contributed by atoms with Crippen LogP contribution in [0.4, 0.5) is 0 Å². The monoisotopic (exact) mass is 710 g/mol. The first-order chi connectivity index (χ1) is 25.1. The molecule has 282 valence electrons. The fourth-order valence-corrected chi connectivity index (χ4v) is 5.92. The molecule has 0 atom stereocenters. The molecule has 0 aliphatic rings. The van der Waals surface area contributed by atoms with Gasteiger partial charge >= 0.3 is 5.97 Å². The Morgan fingerprint density at radius 2 is 1.12 bits per heavy atom. The van der Waals surface area contributed by atoms with E-state index in [-0.39, 0.29) is 30.7 Å². The van der Waals surface area contributed by atoms with Gasteiger partial charge in [0.15, 0.2) is 0 Å². The van der Waals surface area contributed by atoms with E-state index >= 15 is 0 Å². The molecular weight excluding hydrogens is 649 g/mol. The Labute approximate surface area is 312 Å². The Bertz CT molecular complexity index is 1530. The van der Waals surface area contributed by atoms with Gasteiger partial charge in [0, 0.05) is 36.4 Å². The van der Waals surface area contributed by atoms with Crippen LogP contribution in [0.2, 0.25) is 0 Å². The van der Waals surface area contributed by atoms with Crippen LogP contribution in [0.25, 0.3) is 34.7 Å². The van der Waals surface area contributed by atoms with Crippen molar-refractivity contribution in [3.8, 4) is 22.5 Å². The van der Waals surface area contributed by atoms with Crippen LogP contribution in [0.5, 0.6) is 0 Å². The van der Waals surface area contributed by atoms with Gasteiger partial charge in [0.2, 0.25) is 11.8 Å². The maximum Gasteiger partial charge on any atom is 0.308 e. The first kappa shape index (κ1) is 42.0. The van der Waals surface area contributed by atoms with Gasteiger partial charge in [0.1, 0.15) is 5.60 Å². The number of H-pyrrole nitrogens is 1. The van der Waals surface area contributed by atoms with E-state index < -0.39 is 5.60 Å². The SMILES string of the molecule is CCCCCCCCCCCCCCCCNC(=O)/C=C/c1ccc(-c2[nH]cnc2-c2ccc(C=CC(=O)NCCC(=O)OC(C)(C)C)cc2)cc1. The number of aromatic amines is 1. The zero-order chi connectivity index (χ0) is 37.4. The van der Waals surface area contributed by atoms with Crippen LogP contribution in [0, 0.1) is 0 Å². The average molecular weight is 711 g/mol. The lowest BCUT2D eigenvalue weighted by atomic mass is 10.0. The number of rotatable bonds is 24. The minimum atomic E-state index is -0.544. The predicted octanol–water partition coefficient (Wildman–Crippen LogP) is 10.2. The van der Waals surface area contributed by atoms with Gasteiger partial charge in [0.05, 0.1) is 24.1 Å². The number of imidazole rings is 1. The van der Waals surface area contributed by atoms with Crippen molar-refractivity contribution in [2.75, 3.05) is 13.1 Å². The molecule has 2 amide bonds. The van der Waals surface area contributed by atoms with E-state index in [0.717, 1.165) is 46.5 Å². The number of esters is 1. The number of benzene rings is 2. The summed E-state index contributed by atoms with van der Waals surface area (Å²) in [4.78, 5) is 44.2. The molecule has 0 saturated carbocycles. The number of hydrogen-bond donors (Lipinski definition) is 3. The van der Waals surface area contributed by atoms with Crippen LogP contribution in [-0.4, -0.2) is 46.4 Å². The molecule has 0 fully saturated rings. The number of carbonyl (C=O) groups is 3. The van der Waals surface area contributed by atoms with Crippen LogP contribution in [0.3, 0.4) is 0 Å². The molecule has 0 aliphatic carbocycles. The maximum absolute atomic E-state index is 12.4. The molecule has 0 bridgehead atoms. The van der Waals surface area contributed by atoms with Crippen molar-refractivity contribution in [2.24, 2.45) is 0 Å². The highest BCUT2D eigenvalue weighted by molar-refractivity contribution is 5.92. The van der Waals surface area contributed by atoms with Crippen molar-refractivity contribution in [3.05, 3.63) is 78.1 Å². The number of ether oxygens (including phenoxy) is 1. The Morgan fingerprint density at radius 3 is 1.62 bits per heavy atom. The number of aromatic nitrogens is 2. The largest absolute Gasteiger partial charge is 0.460 e. The van der Waals surface area contributed by atoms with Crippen molar-refractivity contribution < 1.29 is 19.1 Å². The first-order valence-corrected chi connectivity index (χ1v) is 19.5. The van der Waals surface area contributed by atoms with E-state index in [9.17, 15) is 14.4 Å². The van der Waals surface area contributed by atoms with Crippen LogP contribution in [-0.2, 0) is 19.1 Å². The number of amides is 2. The summed E-state index contributed by atoms with van der Waals surface area (Å²) in [6.07, 6.45) is 27.0. The summed E-state index contributed by atoms with van der Waals surface area (Å²) in [7, 11) is 0. The highest BCUT2D eigenvalue weighted by Crippen LogP contribution is 2.29. The molecule has 1 heterocycles. The second-order valence-corrected chi connectivity index (χ2v) is 14.6. The molecule has 0 unspecified atom stereocenters. The zero-order valence-electron chi connectivity index (χ0n) is 32.1. The molecule has 0 spiro atoms. The third kappa shape index (κ3) is 17.7. The van der Waals surface area contributed by atoms with Gasteiger partial charge in [0.25, 0.3) is 0 Å². The standard InChI is InChI=1S/C44H62N4O4/c1-5-6-7-8-9-10-11-12-13-14-15-16-17-18-32-45-39(49)29-23-35-19-25-37(26-20-35)42-43(48-34-47-42)38-27-21-36(22-28-38)24-30-40(50)46-33-31-41(51)52-44(2,3)4/h19-30,34H,5-18,31-33H2,1-4H3,(H,45,49)(H,46,50)(H,47,48)/b29-23+,30-24?. The summed E-state index contributed by atoms with van der Waals surface area (Å²) >= 11 is 0. The quantitative estimate of drug-likeness (QED) is 0.0487. The van der Waals surface area contributed by atoms with E-state index in [0.29, 0.717) is 6.54 Å². The molecule has 0 radical (unpaired) electrons. The second-order valence-electron chi connectivity index (χ2n) is 14.6. The molecule has 8 heteroatoms. The summed E-state index contributed by atoms with van der Waals surface area (Å²) in [5.74, 6) is -0.684. The summed E-state index contributed by atoms with van der Waals surface area (Å²) in [6.45, 7) is 8.63. The van der Waals surface area contributed by atoms with Crippen molar-refractivity contribution in [1.82, 2.24) is 20.6 Å². The van der Waals surface area contributed by atoms with Gasteiger partial charge in [-0.05, 0) is 50.5 Å². The number of nitrogens with zero attached hydrogens (tertiary/aromatic N) is 1. The molecule has 2 aromatic carbocycles. The molecule has 0 saturated heterocycles. The van der Waals surface area contributed by atoms with Gasteiger partial charge in [-0.15, -0.1) is 0 Å². The van der Waals surface area contributed by atoms with Crippen molar-refractivity contribution >= 4 is 29.9 Å². The van der Waals surface area contributed by atoms with Crippen LogP contribution in [0.1, 0.15) is 135 Å². The van der Waals surface area contributed by atoms with E-state index in [1.807, 2.05) is 75.4 Å². The highest BCUT2D eigenvalue weighted by Gasteiger charge is 2.16. The lowest BCUT2D eigenvalue weighted by Gasteiger charge is -2.19. The van der Waals surface area contributed by atoms with Gasteiger partial charge in [-0.1, -0.05) is 139 Å². The third-order valence-corrected chi connectivity index (χ3v) is 8.76. The maximum atomic E-state index is 12.4. The van der Waals surface area contributed by atoms with Gasteiger partial charge in [-0.25, -0.2) is 4.98 Å². The Kier molecular flexibility index (Phi) is 19.3. The van der Waals surface area contributed by atoms with Crippen LogP contribution >= 0.6 is 0 Å². The lowest BCUT2D eigenvalue weighted by Crippen LogP contribution is -2.28. The first-order valence-electron chi connectivity index (χ1n) is 19.5. The van der Waals surface area contributed by atoms with Gasteiger partial charge in [-0.3, -0.25) is 14.4 Å². The normalized spacial score (nSPS) is 11.7. The number of hydrogen-bond acceptors (Lipinski definition) is 5. The Morgan fingerprint density at radius 1 is 0.654 bits per heavy atom. The molecule has 0 aliphatic heterocycles. The lowest BCUT2D eigenvalue weighted by molar-refractivity contribution is -0.154. The third-order valence-electron chi connectivity index (χ3n) is 8.76. The van der Waals surface area contributed by atoms with Crippen molar-refractivity contribution in [1.29, 1.82) is 0 Å². The molecule has 3 N–H and O–H groups in total. The molecule has 8 nitrogen and oxygen atoms in total. The smallest absolute Gasteiger partial charge is 0.308 e. The highest BCUT2D eigenvalue weighted by atomic mass is 16.6.